The molecule has 0 saturated heterocycles. The molecule has 3 rings (SSSR count). The maximum atomic E-state index is 12.2. The van der Waals surface area contributed by atoms with Crippen molar-refractivity contribution in [1.82, 2.24) is 5.32 Å². The third-order valence-electron chi connectivity index (χ3n) is 4.64. The van der Waals surface area contributed by atoms with Gasteiger partial charge in [-0.2, -0.15) is 0 Å². The Balaban J connectivity index is 1.36. The van der Waals surface area contributed by atoms with Crippen molar-refractivity contribution in [3.63, 3.8) is 0 Å². The highest BCUT2D eigenvalue weighted by molar-refractivity contribution is 5.81. The number of hydrogen-bond acceptors (Lipinski definition) is 5. The van der Waals surface area contributed by atoms with Crippen LogP contribution in [0.15, 0.2) is 54.6 Å². The Kier molecular flexibility index (Phi) is 7.50. The lowest BCUT2D eigenvalue weighted by Crippen LogP contribution is -2.33. The Morgan fingerprint density at radius 1 is 1.00 bits per heavy atom. The topological polar surface area (TPSA) is 73.9 Å². The molecule has 2 aromatic rings. The fraction of sp³-hybridized carbons (Fsp3) is 0.391. The highest BCUT2D eigenvalue weighted by Gasteiger charge is 2.33. The van der Waals surface area contributed by atoms with Crippen LogP contribution in [0.5, 0.6) is 11.5 Å². The van der Waals surface area contributed by atoms with Crippen LogP contribution in [-0.4, -0.2) is 31.7 Å². The molecule has 0 spiro atoms. The van der Waals surface area contributed by atoms with Crippen molar-refractivity contribution in [3.05, 3.63) is 60.2 Å². The molecule has 1 unspecified atom stereocenters. The third-order valence-corrected chi connectivity index (χ3v) is 4.64. The summed E-state index contributed by atoms with van der Waals surface area (Å²) < 4.78 is 16.0. The van der Waals surface area contributed by atoms with E-state index in [1.54, 1.807) is 12.1 Å². The third kappa shape index (κ3) is 6.82. The van der Waals surface area contributed by atoms with E-state index in [1.807, 2.05) is 49.4 Å². The maximum Gasteiger partial charge on any atom is 0.309 e. The van der Waals surface area contributed by atoms with Gasteiger partial charge in [-0.25, -0.2) is 0 Å². The molecule has 1 aliphatic rings. The van der Waals surface area contributed by atoms with E-state index in [0.29, 0.717) is 18.3 Å². The van der Waals surface area contributed by atoms with Gasteiger partial charge >= 0.3 is 5.97 Å². The Morgan fingerprint density at radius 3 is 2.28 bits per heavy atom. The van der Waals surface area contributed by atoms with Gasteiger partial charge in [0.2, 0.25) is 0 Å². The fourth-order valence-electron chi connectivity index (χ4n) is 3.05. The van der Waals surface area contributed by atoms with Crippen molar-refractivity contribution < 1.29 is 23.8 Å². The van der Waals surface area contributed by atoms with Crippen LogP contribution >= 0.6 is 0 Å². The molecule has 29 heavy (non-hydrogen) atoms. The number of esters is 1. The van der Waals surface area contributed by atoms with E-state index in [9.17, 15) is 9.59 Å². The SMILES string of the molecule is CCOc1ccc(OCCC(=O)OCC(=O)NC(c2ccccc2)C2CC2)cc1. The number of benzene rings is 2. The number of hydrogen-bond donors (Lipinski definition) is 1. The number of nitrogens with one attached hydrogen (secondary N) is 1. The molecule has 1 N–H and O–H groups in total. The highest BCUT2D eigenvalue weighted by atomic mass is 16.5. The first kappa shape index (κ1) is 20.7. The van der Waals surface area contributed by atoms with Gasteiger partial charge < -0.3 is 19.5 Å². The van der Waals surface area contributed by atoms with Gasteiger partial charge in [-0.15, -0.1) is 0 Å². The molecule has 0 aliphatic heterocycles. The minimum absolute atomic E-state index is 0.0228. The monoisotopic (exact) mass is 397 g/mol. The van der Waals surface area contributed by atoms with Crippen LogP contribution in [0.1, 0.15) is 37.8 Å². The van der Waals surface area contributed by atoms with Gasteiger partial charge in [-0.3, -0.25) is 9.59 Å². The van der Waals surface area contributed by atoms with Crippen molar-refractivity contribution in [2.45, 2.75) is 32.2 Å². The molecule has 154 valence electrons. The first-order chi connectivity index (χ1) is 14.2. The number of amides is 1. The minimum atomic E-state index is -0.464. The molecule has 1 saturated carbocycles. The van der Waals surface area contributed by atoms with Gasteiger partial charge in [0, 0.05) is 0 Å². The van der Waals surface area contributed by atoms with E-state index in [-0.39, 0.29) is 31.6 Å². The van der Waals surface area contributed by atoms with Crippen LogP contribution in [0.3, 0.4) is 0 Å². The molecule has 0 bridgehead atoms. The van der Waals surface area contributed by atoms with Crippen LogP contribution in [0, 0.1) is 5.92 Å². The van der Waals surface area contributed by atoms with E-state index in [2.05, 4.69) is 5.32 Å². The Hall–Kier alpha value is -3.02. The first-order valence-electron chi connectivity index (χ1n) is 10.0. The summed E-state index contributed by atoms with van der Waals surface area (Å²) in [6.45, 7) is 2.43. The lowest BCUT2D eigenvalue weighted by atomic mass is 10.0. The van der Waals surface area contributed by atoms with Crippen molar-refractivity contribution >= 4 is 11.9 Å². The quantitative estimate of drug-likeness (QED) is 0.586. The number of carbonyl (C=O) groups is 2. The van der Waals surface area contributed by atoms with Gasteiger partial charge in [0.15, 0.2) is 6.61 Å². The standard InChI is InChI=1S/C23H27NO5/c1-2-27-19-10-12-20(13-11-19)28-15-14-22(26)29-16-21(25)24-23(18-8-9-18)17-6-4-3-5-7-17/h3-7,10-13,18,23H,2,8-9,14-16H2,1H3,(H,24,25). The molecule has 0 heterocycles. The summed E-state index contributed by atoms with van der Waals surface area (Å²) in [6.07, 6.45) is 2.27. The smallest absolute Gasteiger partial charge is 0.309 e. The highest BCUT2D eigenvalue weighted by Crippen LogP contribution is 2.40. The van der Waals surface area contributed by atoms with E-state index >= 15 is 0 Å². The van der Waals surface area contributed by atoms with Gasteiger partial charge in [0.1, 0.15) is 11.5 Å². The summed E-state index contributed by atoms with van der Waals surface area (Å²) in [5, 5.41) is 2.99. The molecular formula is C23H27NO5. The number of rotatable bonds is 11. The van der Waals surface area contributed by atoms with Crippen molar-refractivity contribution in [2.75, 3.05) is 19.8 Å². The van der Waals surface area contributed by atoms with Crippen LogP contribution < -0.4 is 14.8 Å². The van der Waals surface area contributed by atoms with E-state index in [0.717, 1.165) is 24.2 Å². The van der Waals surface area contributed by atoms with Crippen molar-refractivity contribution in [3.8, 4) is 11.5 Å². The second kappa shape index (κ2) is 10.5. The number of ether oxygens (including phenoxy) is 3. The van der Waals surface area contributed by atoms with Gasteiger partial charge in [0.05, 0.1) is 25.7 Å². The molecule has 0 radical (unpaired) electrons. The Morgan fingerprint density at radius 2 is 1.66 bits per heavy atom. The molecule has 1 amide bonds. The zero-order chi connectivity index (χ0) is 20.5. The lowest BCUT2D eigenvalue weighted by Gasteiger charge is -2.18. The summed E-state index contributed by atoms with van der Waals surface area (Å²) in [4.78, 5) is 24.1. The van der Waals surface area contributed by atoms with Gasteiger partial charge in [-0.1, -0.05) is 30.3 Å². The summed E-state index contributed by atoms with van der Waals surface area (Å²) in [5.41, 5.74) is 1.08. The second-order valence-electron chi connectivity index (χ2n) is 6.96. The van der Waals surface area contributed by atoms with Crippen molar-refractivity contribution in [2.24, 2.45) is 5.92 Å². The van der Waals surface area contributed by atoms with E-state index in [1.165, 1.54) is 0 Å². The largest absolute Gasteiger partial charge is 0.494 e. The zero-order valence-electron chi connectivity index (χ0n) is 16.6. The van der Waals surface area contributed by atoms with Crippen LogP contribution in [-0.2, 0) is 14.3 Å². The zero-order valence-corrected chi connectivity index (χ0v) is 16.6. The minimum Gasteiger partial charge on any atom is -0.494 e. The number of carbonyl (C=O) groups excluding carboxylic acids is 2. The summed E-state index contributed by atoms with van der Waals surface area (Å²) in [5.74, 6) is 1.12. The summed E-state index contributed by atoms with van der Waals surface area (Å²) in [6, 6.07) is 17.0. The summed E-state index contributed by atoms with van der Waals surface area (Å²) >= 11 is 0. The van der Waals surface area contributed by atoms with Gasteiger partial charge in [0.25, 0.3) is 5.91 Å². The molecule has 6 nitrogen and oxygen atoms in total. The van der Waals surface area contributed by atoms with Crippen LogP contribution in [0.2, 0.25) is 0 Å². The predicted molar refractivity (Wildman–Crippen MR) is 109 cm³/mol. The molecule has 0 aromatic heterocycles. The van der Waals surface area contributed by atoms with Crippen molar-refractivity contribution in [1.29, 1.82) is 0 Å². The molecule has 6 heteroatoms. The molecule has 2 aromatic carbocycles. The molecular weight excluding hydrogens is 370 g/mol. The van der Waals surface area contributed by atoms with Crippen LogP contribution in [0.4, 0.5) is 0 Å². The van der Waals surface area contributed by atoms with E-state index < -0.39 is 5.97 Å². The van der Waals surface area contributed by atoms with Crippen LogP contribution in [0.25, 0.3) is 0 Å². The second-order valence-corrected chi connectivity index (χ2v) is 6.96. The van der Waals surface area contributed by atoms with Gasteiger partial charge in [-0.05, 0) is 55.5 Å². The predicted octanol–water partition coefficient (Wildman–Crippen LogP) is 3.66. The average Bonchev–Trinajstić information content (AvgIpc) is 3.58. The maximum absolute atomic E-state index is 12.2. The average molecular weight is 397 g/mol. The lowest BCUT2D eigenvalue weighted by molar-refractivity contribution is -0.149. The summed E-state index contributed by atoms with van der Waals surface area (Å²) in [7, 11) is 0. The Bertz CT molecular complexity index is 787. The fourth-order valence-corrected chi connectivity index (χ4v) is 3.05. The first-order valence-corrected chi connectivity index (χ1v) is 10.0. The molecule has 1 fully saturated rings. The normalized spacial score (nSPS) is 14.0. The Labute approximate surface area is 171 Å². The van der Waals surface area contributed by atoms with E-state index in [4.69, 9.17) is 14.2 Å². The molecule has 1 aliphatic carbocycles. The molecule has 1 atom stereocenters.